The molecule has 0 fully saturated rings. The van der Waals surface area contributed by atoms with Crippen molar-refractivity contribution in [3.05, 3.63) is 49.8 Å². The first-order valence-electron chi connectivity index (χ1n) is 6.03. The van der Waals surface area contributed by atoms with Gasteiger partial charge in [0.05, 0.1) is 10.6 Å². The minimum Gasteiger partial charge on any atom is -0.258 e. The first-order valence-corrected chi connectivity index (χ1v) is 6.41. The topological polar surface area (TPSA) is 61.0 Å². The Balaban J connectivity index is 2.77. The second-order valence-corrected chi connectivity index (χ2v) is 5.10. The Morgan fingerprint density at radius 2 is 1.81 bits per heavy atom. The summed E-state index contributed by atoms with van der Waals surface area (Å²) in [7, 11) is 0. The zero-order valence-corrected chi connectivity index (χ0v) is 12.3. The van der Waals surface area contributed by atoms with E-state index >= 15 is 0 Å². The monoisotopic (exact) mass is 315 g/mol. The van der Waals surface area contributed by atoms with Gasteiger partial charge in [-0.25, -0.2) is 13.5 Å². The summed E-state index contributed by atoms with van der Waals surface area (Å²) >= 11 is 5.91. The summed E-state index contributed by atoms with van der Waals surface area (Å²) in [6.07, 6.45) is -3.07. The second kappa shape index (κ2) is 5.40. The Morgan fingerprint density at radius 1 is 1.29 bits per heavy atom. The zero-order chi connectivity index (χ0) is 15.9. The van der Waals surface area contributed by atoms with Gasteiger partial charge < -0.3 is 0 Å². The van der Waals surface area contributed by atoms with Crippen LogP contribution in [-0.4, -0.2) is 14.7 Å². The molecule has 8 heteroatoms. The lowest BCUT2D eigenvalue weighted by Crippen LogP contribution is -2.03. The maximum Gasteiger partial charge on any atom is 0.335 e. The van der Waals surface area contributed by atoms with E-state index in [9.17, 15) is 18.9 Å². The molecule has 0 amide bonds. The standard InChI is InChI=1S/C13H12ClF2N3O2/c1-6-4-7(2)10(8(3)5-6)18-12(14)11(19(20)21)9(17-18)13(15)16/h4-5,13H,1-3H3. The zero-order valence-electron chi connectivity index (χ0n) is 11.5. The second-order valence-electron chi connectivity index (χ2n) is 4.74. The molecule has 0 aliphatic rings. The van der Waals surface area contributed by atoms with Crippen molar-refractivity contribution in [1.82, 2.24) is 9.78 Å². The SMILES string of the molecule is Cc1cc(C)c(-n2nc(C(F)F)c([N+](=O)[O-])c2Cl)c(C)c1. The largest absolute Gasteiger partial charge is 0.335 e. The molecule has 0 N–H and O–H groups in total. The van der Waals surface area contributed by atoms with Crippen LogP contribution < -0.4 is 0 Å². The molecule has 0 aliphatic heterocycles. The molecule has 5 nitrogen and oxygen atoms in total. The first kappa shape index (κ1) is 15.4. The maximum absolute atomic E-state index is 12.9. The number of halogens is 3. The number of hydrogen-bond donors (Lipinski definition) is 0. The smallest absolute Gasteiger partial charge is 0.258 e. The molecule has 0 unspecified atom stereocenters. The fourth-order valence-corrected chi connectivity index (χ4v) is 2.66. The van der Waals surface area contributed by atoms with E-state index in [1.165, 1.54) is 0 Å². The van der Waals surface area contributed by atoms with E-state index in [0.29, 0.717) is 5.69 Å². The number of aryl methyl sites for hydroxylation is 3. The van der Waals surface area contributed by atoms with Gasteiger partial charge in [-0.2, -0.15) is 5.10 Å². The Bertz CT molecular complexity index is 705. The lowest BCUT2D eigenvalue weighted by atomic mass is 10.1. The third-order valence-electron chi connectivity index (χ3n) is 3.07. The maximum atomic E-state index is 12.9. The fraction of sp³-hybridized carbons (Fsp3) is 0.308. The van der Waals surface area contributed by atoms with Crippen LogP contribution in [0, 0.1) is 30.9 Å². The van der Waals surface area contributed by atoms with E-state index in [0.717, 1.165) is 21.4 Å². The number of hydrogen-bond acceptors (Lipinski definition) is 3. The summed E-state index contributed by atoms with van der Waals surface area (Å²) in [6.45, 7) is 5.42. The minimum atomic E-state index is -3.07. The third-order valence-corrected chi connectivity index (χ3v) is 3.41. The number of aromatic nitrogens is 2. The molecular weight excluding hydrogens is 304 g/mol. The van der Waals surface area contributed by atoms with Gasteiger partial charge in [0.15, 0.2) is 0 Å². The van der Waals surface area contributed by atoms with Gasteiger partial charge in [0.1, 0.15) is 0 Å². The van der Waals surface area contributed by atoms with Crippen LogP contribution in [0.1, 0.15) is 28.8 Å². The average molecular weight is 316 g/mol. The summed E-state index contributed by atoms with van der Waals surface area (Å²) in [5.74, 6) is 0. The van der Waals surface area contributed by atoms with Gasteiger partial charge in [0.2, 0.25) is 10.8 Å². The molecule has 112 valence electrons. The van der Waals surface area contributed by atoms with Crippen molar-refractivity contribution in [2.75, 3.05) is 0 Å². The lowest BCUT2D eigenvalue weighted by molar-refractivity contribution is -0.386. The van der Waals surface area contributed by atoms with Crippen molar-refractivity contribution < 1.29 is 13.7 Å². The van der Waals surface area contributed by atoms with Crippen LogP contribution in [0.3, 0.4) is 0 Å². The molecule has 1 heterocycles. The highest BCUT2D eigenvalue weighted by molar-refractivity contribution is 6.32. The van der Waals surface area contributed by atoms with E-state index in [1.807, 2.05) is 19.1 Å². The molecular formula is C13H12ClF2N3O2. The number of rotatable bonds is 3. The Labute approximate surface area is 124 Å². The predicted octanol–water partition coefficient (Wildman–Crippen LogP) is 4.30. The Hall–Kier alpha value is -2.02. The number of benzene rings is 1. The third kappa shape index (κ3) is 2.61. The van der Waals surface area contributed by atoms with Crippen LogP contribution in [0.4, 0.5) is 14.5 Å². The molecule has 2 rings (SSSR count). The van der Waals surface area contributed by atoms with Crippen LogP contribution in [-0.2, 0) is 0 Å². The quantitative estimate of drug-likeness (QED) is 0.626. The van der Waals surface area contributed by atoms with Crippen LogP contribution in [0.2, 0.25) is 5.15 Å². The Kier molecular flexibility index (Phi) is 3.95. The van der Waals surface area contributed by atoms with Gasteiger partial charge in [-0.05, 0) is 31.9 Å². The van der Waals surface area contributed by atoms with Crippen molar-refractivity contribution in [2.45, 2.75) is 27.2 Å². The summed E-state index contributed by atoms with van der Waals surface area (Å²) in [4.78, 5) is 10.0. The number of nitrogens with zero attached hydrogens (tertiary/aromatic N) is 3. The molecule has 2 aromatic rings. The molecule has 21 heavy (non-hydrogen) atoms. The highest BCUT2D eigenvalue weighted by atomic mass is 35.5. The highest BCUT2D eigenvalue weighted by Crippen LogP contribution is 2.37. The van der Waals surface area contributed by atoms with Crippen molar-refractivity contribution in [2.24, 2.45) is 0 Å². The van der Waals surface area contributed by atoms with Gasteiger partial charge in [0, 0.05) is 0 Å². The van der Waals surface area contributed by atoms with Crippen molar-refractivity contribution in [3.8, 4) is 5.69 Å². The summed E-state index contributed by atoms with van der Waals surface area (Å²) < 4.78 is 26.9. The Morgan fingerprint density at radius 3 is 2.19 bits per heavy atom. The van der Waals surface area contributed by atoms with Crippen LogP contribution in [0.25, 0.3) is 5.69 Å². The first-order chi connectivity index (χ1) is 9.73. The van der Waals surface area contributed by atoms with E-state index in [-0.39, 0.29) is 0 Å². The normalized spacial score (nSPS) is 11.2. The van der Waals surface area contributed by atoms with Crippen LogP contribution in [0.5, 0.6) is 0 Å². The highest BCUT2D eigenvalue weighted by Gasteiger charge is 2.33. The molecule has 0 bridgehead atoms. The lowest BCUT2D eigenvalue weighted by Gasteiger charge is -2.11. The van der Waals surface area contributed by atoms with Crippen molar-refractivity contribution >= 4 is 17.3 Å². The van der Waals surface area contributed by atoms with Gasteiger partial charge >= 0.3 is 5.69 Å². The van der Waals surface area contributed by atoms with E-state index < -0.39 is 27.9 Å². The van der Waals surface area contributed by atoms with Crippen molar-refractivity contribution in [1.29, 1.82) is 0 Å². The number of alkyl halides is 2. The van der Waals surface area contributed by atoms with Crippen LogP contribution in [0.15, 0.2) is 12.1 Å². The summed E-state index contributed by atoms with van der Waals surface area (Å²) in [6, 6.07) is 3.66. The molecule has 0 saturated carbocycles. The van der Waals surface area contributed by atoms with Gasteiger partial charge in [-0.15, -0.1) is 0 Å². The summed E-state index contributed by atoms with van der Waals surface area (Å²) in [5.41, 5.74) is 1.16. The van der Waals surface area contributed by atoms with Gasteiger partial charge in [0.25, 0.3) is 6.43 Å². The molecule has 0 radical (unpaired) electrons. The molecule has 0 atom stereocenters. The van der Waals surface area contributed by atoms with E-state index in [1.54, 1.807) is 13.8 Å². The minimum absolute atomic E-state index is 0.426. The molecule has 0 aliphatic carbocycles. The fourth-order valence-electron chi connectivity index (χ4n) is 2.38. The van der Waals surface area contributed by atoms with E-state index in [2.05, 4.69) is 5.10 Å². The van der Waals surface area contributed by atoms with E-state index in [4.69, 9.17) is 11.6 Å². The average Bonchev–Trinajstić information content (AvgIpc) is 2.66. The van der Waals surface area contributed by atoms with Gasteiger partial charge in [-0.3, -0.25) is 10.1 Å². The van der Waals surface area contributed by atoms with Gasteiger partial charge in [-0.1, -0.05) is 29.3 Å². The van der Waals surface area contributed by atoms with Crippen molar-refractivity contribution in [3.63, 3.8) is 0 Å². The molecule has 1 aromatic carbocycles. The molecule has 0 spiro atoms. The molecule has 1 aromatic heterocycles. The summed E-state index contributed by atoms with van der Waals surface area (Å²) in [5, 5.41) is 14.2. The van der Waals surface area contributed by atoms with Crippen LogP contribution >= 0.6 is 11.6 Å². The molecule has 0 saturated heterocycles. The number of nitro groups is 1. The predicted molar refractivity (Wildman–Crippen MR) is 74.4 cm³/mol.